The molecule has 1 aromatic heterocycles. The van der Waals surface area contributed by atoms with Crippen LogP contribution in [0.25, 0.3) is 58.4 Å². The van der Waals surface area contributed by atoms with Gasteiger partial charge in [0.05, 0.1) is 0 Å². The van der Waals surface area contributed by atoms with E-state index in [1.807, 2.05) is 11.3 Å². The maximum Gasteiger partial charge on any atom is 0.0440 e. The van der Waals surface area contributed by atoms with Gasteiger partial charge in [0, 0.05) is 25.6 Å². The maximum absolute atomic E-state index is 4.69. The molecule has 1 aliphatic rings. The predicted octanol–water partition coefficient (Wildman–Crippen LogP) is 16.8. The van der Waals surface area contributed by atoms with Crippen LogP contribution in [0.4, 0.5) is 0 Å². The van der Waals surface area contributed by atoms with Crippen LogP contribution in [0.15, 0.2) is 200 Å². The summed E-state index contributed by atoms with van der Waals surface area (Å²) in [5.41, 5.74) is 10.7. The van der Waals surface area contributed by atoms with Crippen LogP contribution in [0.5, 0.6) is 0 Å². The molecule has 0 radical (unpaired) electrons. The van der Waals surface area contributed by atoms with Crippen LogP contribution in [0.3, 0.4) is 0 Å². The first-order valence-electron chi connectivity index (χ1n) is 20.1. The zero-order valence-electron chi connectivity index (χ0n) is 34.0. The van der Waals surface area contributed by atoms with Crippen molar-refractivity contribution in [3.8, 4) is 0 Å². The van der Waals surface area contributed by atoms with Crippen molar-refractivity contribution in [1.82, 2.24) is 0 Å². The number of rotatable bonds is 10. The van der Waals surface area contributed by atoms with Gasteiger partial charge in [0.15, 0.2) is 0 Å². The highest BCUT2D eigenvalue weighted by molar-refractivity contribution is 7.26. The monoisotopic (exact) mass is 756 g/mol. The van der Waals surface area contributed by atoms with Crippen LogP contribution >= 0.6 is 11.3 Å². The van der Waals surface area contributed by atoms with Crippen molar-refractivity contribution in [1.29, 1.82) is 0 Å². The number of hydrogen-bond acceptors (Lipinski definition) is 1. The molecule has 1 aliphatic carbocycles. The second-order valence-corrected chi connectivity index (χ2v) is 16.2. The minimum Gasteiger partial charge on any atom is -0.135 e. The second-order valence-electron chi connectivity index (χ2n) is 15.2. The van der Waals surface area contributed by atoms with Crippen LogP contribution in [0.2, 0.25) is 0 Å². The first-order valence-corrected chi connectivity index (χ1v) is 20.9. The molecule has 7 rings (SSSR count). The molecular formula is C56H52S. The zero-order chi connectivity index (χ0) is 39.9. The van der Waals surface area contributed by atoms with Gasteiger partial charge in [0.2, 0.25) is 0 Å². The van der Waals surface area contributed by atoms with Gasteiger partial charge in [-0.3, -0.25) is 0 Å². The lowest BCUT2D eigenvalue weighted by Crippen LogP contribution is -2.14. The number of thiophene rings is 1. The van der Waals surface area contributed by atoms with E-state index >= 15 is 0 Å². The van der Waals surface area contributed by atoms with Crippen molar-refractivity contribution < 1.29 is 0 Å². The Hall–Kier alpha value is -6.02. The largest absolute Gasteiger partial charge is 0.135 e. The van der Waals surface area contributed by atoms with Crippen molar-refractivity contribution in [2.75, 3.05) is 0 Å². The summed E-state index contributed by atoms with van der Waals surface area (Å²) >= 11 is 1.90. The van der Waals surface area contributed by atoms with Crippen LogP contribution in [0.1, 0.15) is 69.7 Å². The van der Waals surface area contributed by atoms with E-state index in [0.29, 0.717) is 0 Å². The molecule has 0 N–H and O–H groups in total. The highest BCUT2D eigenvalue weighted by Crippen LogP contribution is 2.56. The van der Waals surface area contributed by atoms with Crippen LogP contribution in [-0.2, 0) is 5.41 Å². The quantitative estimate of drug-likeness (QED) is 0.122. The fourth-order valence-corrected chi connectivity index (χ4v) is 9.31. The third kappa shape index (κ3) is 7.86. The predicted molar refractivity (Wildman–Crippen MR) is 256 cm³/mol. The smallest absolute Gasteiger partial charge is 0.0440 e. The fraction of sp³-hybridized carbons (Fsp3) is 0.143. The van der Waals surface area contributed by atoms with Crippen LogP contribution < -0.4 is 0 Å². The lowest BCUT2D eigenvalue weighted by molar-refractivity contribution is 0.669. The van der Waals surface area contributed by atoms with E-state index in [-0.39, 0.29) is 5.41 Å². The molecule has 6 aromatic rings. The van der Waals surface area contributed by atoms with Crippen molar-refractivity contribution in [2.24, 2.45) is 0 Å². The summed E-state index contributed by atoms with van der Waals surface area (Å²) in [6.45, 7) is 20.5. The van der Waals surface area contributed by atoms with Gasteiger partial charge in [0.25, 0.3) is 0 Å². The van der Waals surface area contributed by atoms with Gasteiger partial charge in [-0.05, 0) is 97.5 Å². The average Bonchev–Trinajstić information content (AvgIpc) is 3.71. The second kappa shape index (κ2) is 17.4. The molecule has 0 amide bonds. The molecule has 0 spiro atoms. The van der Waals surface area contributed by atoms with Gasteiger partial charge in [-0.25, -0.2) is 0 Å². The Kier molecular flexibility index (Phi) is 12.0. The Morgan fingerprint density at radius 3 is 1.96 bits per heavy atom. The lowest BCUT2D eigenvalue weighted by atomic mass is 9.80. The molecule has 0 aliphatic heterocycles. The van der Waals surface area contributed by atoms with E-state index in [4.69, 9.17) is 6.58 Å². The van der Waals surface area contributed by atoms with Crippen molar-refractivity contribution in [3.05, 3.63) is 223 Å². The molecule has 0 bridgehead atoms. The molecule has 0 nitrogen and oxygen atoms in total. The van der Waals surface area contributed by atoms with E-state index in [2.05, 4.69) is 217 Å². The molecule has 57 heavy (non-hydrogen) atoms. The molecule has 5 aromatic carbocycles. The van der Waals surface area contributed by atoms with Crippen molar-refractivity contribution in [3.63, 3.8) is 0 Å². The summed E-state index contributed by atoms with van der Waals surface area (Å²) < 4.78 is 2.68. The Morgan fingerprint density at radius 2 is 1.25 bits per heavy atom. The molecule has 282 valence electrons. The van der Waals surface area contributed by atoms with Gasteiger partial charge >= 0.3 is 0 Å². The summed E-state index contributed by atoms with van der Waals surface area (Å²) in [7, 11) is 0. The molecule has 1 heteroatoms. The average molecular weight is 757 g/mol. The molecule has 0 fully saturated rings. The Bertz CT molecular complexity index is 2810. The lowest BCUT2D eigenvalue weighted by Gasteiger charge is -2.22. The number of hydrogen-bond donors (Lipinski definition) is 0. The SMILES string of the molecule is C=C(\C=C/C=C/C=C/C=C1\C(=C)C(C)(C)c2c1c1c3ccccc3sc1c1ccccc21)c1ccccccc(/C(C)=C/C=C(/C=C\CC)CC)c2ccccc12. The third-order valence-electron chi connectivity index (χ3n) is 11.2. The standard InChI is InChI=1S/C56H52S/c1-8-10-27-42(9-2)38-37-40(4)44-29-18-15-14-17-28-43(46-31-20-21-32-47(44)46)39(3)26-16-12-11-13-19-30-45-41(5)56(6,7)54-48-33-22-23-34-49(48)55-53(52(45)54)50-35-24-25-36-51(50)57-55/h10-38H,3,5,8-9H2,1-2,4,6-7H3/b12-11+,15-14?,17-14?,18-15?,19-13+,26-16-,27-10-,28-17?,29-18?,40-37+,42-38+,43-28?,44-29?,45-30+,46-43?,47-44?. The summed E-state index contributed by atoms with van der Waals surface area (Å²) in [5.74, 6) is 0. The van der Waals surface area contributed by atoms with Crippen LogP contribution in [-0.4, -0.2) is 0 Å². The minimum atomic E-state index is -0.189. The van der Waals surface area contributed by atoms with Gasteiger partial charge in [-0.1, -0.05) is 211 Å². The maximum atomic E-state index is 4.69. The van der Waals surface area contributed by atoms with Gasteiger partial charge < -0.3 is 0 Å². The van der Waals surface area contributed by atoms with E-state index in [1.54, 1.807) is 0 Å². The Balaban J connectivity index is 1.20. The number of benzene rings is 4. The van der Waals surface area contributed by atoms with E-state index in [1.165, 1.54) is 69.7 Å². The molecule has 0 saturated heterocycles. The first kappa shape index (κ1) is 39.2. The summed E-state index contributed by atoms with van der Waals surface area (Å²) in [4.78, 5) is 0. The van der Waals surface area contributed by atoms with E-state index in [0.717, 1.165) is 34.9 Å². The third-order valence-corrected chi connectivity index (χ3v) is 12.4. The first-order chi connectivity index (χ1) is 27.8. The highest BCUT2D eigenvalue weighted by atomic mass is 32.1. The molecule has 1 heterocycles. The molecule has 0 atom stereocenters. The molecule has 0 unspecified atom stereocenters. The highest BCUT2D eigenvalue weighted by Gasteiger charge is 2.40. The fourth-order valence-electron chi connectivity index (χ4n) is 8.06. The van der Waals surface area contributed by atoms with Crippen molar-refractivity contribution in [2.45, 2.75) is 52.9 Å². The van der Waals surface area contributed by atoms with Crippen molar-refractivity contribution >= 4 is 69.8 Å². The van der Waals surface area contributed by atoms with Crippen LogP contribution in [0, 0.1) is 0 Å². The van der Waals surface area contributed by atoms with Gasteiger partial charge in [-0.2, -0.15) is 0 Å². The van der Waals surface area contributed by atoms with E-state index < -0.39 is 0 Å². The number of allylic oxidation sites excluding steroid dienone is 16. The summed E-state index contributed by atoms with van der Waals surface area (Å²) in [6.07, 6.45) is 25.9. The molecular weight excluding hydrogens is 705 g/mol. The minimum absolute atomic E-state index is 0.189. The van der Waals surface area contributed by atoms with E-state index in [9.17, 15) is 0 Å². The Labute approximate surface area is 343 Å². The normalized spacial score (nSPS) is 15.5. The van der Waals surface area contributed by atoms with Gasteiger partial charge in [0.1, 0.15) is 0 Å². The topological polar surface area (TPSA) is 0 Å². The zero-order valence-corrected chi connectivity index (χ0v) is 34.8. The molecule has 0 saturated carbocycles. The summed E-state index contributed by atoms with van der Waals surface area (Å²) in [6, 6.07) is 39.2. The number of fused-ring (bicyclic) bond motifs is 9. The summed E-state index contributed by atoms with van der Waals surface area (Å²) in [5, 5.41) is 7.68. The Morgan fingerprint density at radius 1 is 0.649 bits per heavy atom. The van der Waals surface area contributed by atoms with Gasteiger partial charge in [-0.15, -0.1) is 11.3 Å².